The van der Waals surface area contributed by atoms with Crippen LogP contribution in [0.2, 0.25) is 0 Å². The molecule has 1 N–H and O–H groups in total. The van der Waals surface area contributed by atoms with Crippen molar-refractivity contribution in [3.63, 3.8) is 0 Å². The molecule has 0 aliphatic carbocycles. The Labute approximate surface area is 122 Å². The molecule has 0 bridgehead atoms. The number of esters is 1. The van der Waals surface area contributed by atoms with Crippen molar-refractivity contribution in [3.05, 3.63) is 0 Å². The second-order valence-corrected chi connectivity index (χ2v) is 6.06. The number of amides is 1. The molecular formula is C15H28N2O3. The normalized spacial score (nSPS) is 22.6. The van der Waals surface area contributed by atoms with Crippen LogP contribution in [0.1, 0.15) is 40.0 Å². The zero-order valence-corrected chi connectivity index (χ0v) is 13.1. The Balaban J connectivity index is 2.65. The Morgan fingerprint density at radius 3 is 2.65 bits per heavy atom. The van der Waals surface area contributed by atoms with Crippen molar-refractivity contribution >= 4 is 11.9 Å². The Bertz CT molecular complexity index is 331. The molecule has 1 saturated heterocycles. The average molecular weight is 284 g/mol. The Morgan fingerprint density at radius 1 is 1.40 bits per heavy atom. The van der Waals surface area contributed by atoms with Crippen molar-refractivity contribution in [2.24, 2.45) is 11.8 Å². The van der Waals surface area contributed by atoms with Crippen molar-refractivity contribution in [1.82, 2.24) is 10.2 Å². The molecule has 0 spiro atoms. The summed E-state index contributed by atoms with van der Waals surface area (Å²) in [4.78, 5) is 25.8. The fraction of sp³-hybridized carbons (Fsp3) is 0.867. The van der Waals surface area contributed by atoms with E-state index in [0.717, 1.165) is 19.4 Å². The number of nitrogens with one attached hydrogen (secondary N) is 1. The summed E-state index contributed by atoms with van der Waals surface area (Å²) < 4.78 is 4.66. The van der Waals surface area contributed by atoms with Crippen molar-refractivity contribution in [2.45, 2.75) is 46.1 Å². The van der Waals surface area contributed by atoms with Crippen LogP contribution in [0.25, 0.3) is 0 Å². The summed E-state index contributed by atoms with van der Waals surface area (Å²) in [6.45, 7) is 8.29. The molecular weight excluding hydrogens is 256 g/mol. The molecule has 1 amide bonds. The minimum atomic E-state index is -0.267. The third-order valence-corrected chi connectivity index (χ3v) is 3.75. The third kappa shape index (κ3) is 5.12. The molecule has 0 aromatic carbocycles. The molecule has 2 unspecified atom stereocenters. The summed E-state index contributed by atoms with van der Waals surface area (Å²) >= 11 is 0. The highest BCUT2D eigenvalue weighted by Crippen LogP contribution is 2.18. The number of rotatable bonds is 6. The van der Waals surface area contributed by atoms with Crippen LogP contribution < -0.4 is 5.32 Å². The van der Waals surface area contributed by atoms with Gasteiger partial charge in [0.25, 0.3) is 0 Å². The van der Waals surface area contributed by atoms with Crippen LogP contribution >= 0.6 is 0 Å². The van der Waals surface area contributed by atoms with E-state index in [0.29, 0.717) is 24.9 Å². The van der Waals surface area contributed by atoms with Gasteiger partial charge in [-0.25, -0.2) is 0 Å². The SMILES string of the molecule is COC(=O)CCN(CC(C)C)C(=O)C1NCCCC1C. The average Bonchev–Trinajstić information content (AvgIpc) is 2.42. The van der Waals surface area contributed by atoms with Gasteiger partial charge >= 0.3 is 5.97 Å². The van der Waals surface area contributed by atoms with Crippen LogP contribution in [-0.4, -0.2) is 49.6 Å². The zero-order valence-electron chi connectivity index (χ0n) is 13.1. The Morgan fingerprint density at radius 2 is 2.10 bits per heavy atom. The van der Waals surface area contributed by atoms with Crippen LogP contribution in [-0.2, 0) is 14.3 Å². The molecule has 20 heavy (non-hydrogen) atoms. The van der Waals surface area contributed by atoms with Gasteiger partial charge in [-0.1, -0.05) is 20.8 Å². The van der Waals surface area contributed by atoms with Crippen molar-refractivity contribution in [2.75, 3.05) is 26.7 Å². The van der Waals surface area contributed by atoms with Crippen LogP contribution in [0.15, 0.2) is 0 Å². The van der Waals surface area contributed by atoms with E-state index in [-0.39, 0.29) is 24.3 Å². The minimum Gasteiger partial charge on any atom is -0.469 e. The third-order valence-electron chi connectivity index (χ3n) is 3.75. The lowest BCUT2D eigenvalue weighted by Crippen LogP contribution is -2.53. The van der Waals surface area contributed by atoms with Crippen molar-refractivity contribution in [3.8, 4) is 0 Å². The van der Waals surface area contributed by atoms with Gasteiger partial charge in [-0.05, 0) is 31.2 Å². The van der Waals surface area contributed by atoms with E-state index >= 15 is 0 Å². The Hall–Kier alpha value is -1.10. The van der Waals surface area contributed by atoms with E-state index in [2.05, 4.69) is 30.8 Å². The molecule has 1 heterocycles. The van der Waals surface area contributed by atoms with Crippen LogP contribution in [0, 0.1) is 11.8 Å². The summed E-state index contributed by atoms with van der Waals surface area (Å²) in [5.41, 5.74) is 0. The fourth-order valence-electron chi connectivity index (χ4n) is 2.64. The highest BCUT2D eigenvalue weighted by atomic mass is 16.5. The molecule has 5 nitrogen and oxygen atoms in total. The maximum absolute atomic E-state index is 12.7. The zero-order chi connectivity index (χ0) is 15.1. The number of carbonyl (C=O) groups is 2. The maximum atomic E-state index is 12.7. The highest BCUT2D eigenvalue weighted by Gasteiger charge is 2.31. The van der Waals surface area contributed by atoms with Gasteiger partial charge in [-0.3, -0.25) is 9.59 Å². The van der Waals surface area contributed by atoms with Gasteiger partial charge in [0.15, 0.2) is 0 Å². The smallest absolute Gasteiger partial charge is 0.307 e. The number of methoxy groups -OCH3 is 1. The molecule has 2 atom stereocenters. The van der Waals surface area contributed by atoms with Gasteiger partial charge in [0.1, 0.15) is 0 Å². The standard InChI is InChI=1S/C15H28N2O3/c1-11(2)10-17(9-7-13(18)20-4)15(19)14-12(3)6-5-8-16-14/h11-12,14,16H,5-10H2,1-4H3. The van der Waals surface area contributed by atoms with Gasteiger partial charge in [0, 0.05) is 13.1 Å². The fourth-order valence-corrected chi connectivity index (χ4v) is 2.64. The van der Waals surface area contributed by atoms with E-state index in [1.54, 1.807) is 4.90 Å². The summed E-state index contributed by atoms with van der Waals surface area (Å²) in [6, 6.07) is -0.111. The lowest BCUT2D eigenvalue weighted by Gasteiger charge is -2.34. The molecule has 1 fully saturated rings. The first-order valence-corrected chi connectivity index (χ1v) is 7.54. The number of hydrogen-bond acceptors (Lipinski definition) is 4. The molecule has 116 valence electrons. The van der Waals surface area contributed by atoms with Gasteiger partial charge in [-0.2, -0.15) is 0 Å². The van der Waals surface area contributed by atoms with Crippen LogP contribution in [0.4, 0.5) is 0 Å². The molecule has 0 saturated carbocycles. The van der Waals surface area contributed by atoms with E-state index in [9.17, 15) is 9.59 Å². The first-order valence-electron chi connectivity index (χ1n) is 7.54. The molecule has 0 radical (unpaired) electrons. The molecule has 5 heteroatoms. The summed E-state index contributed by atoms with van der Waals surface area (Å²) in [7, 11) is 1.38. The molecule has 0 aromatic rings. The van der Waals surface area contributed by atoms with Gasteiger partial charge in [0.05, 0.1) is 19.6 Å². The molecule has 1 aliphatic heterocycles. The van der Waals surface area contributed by atoms with E-state index in [1.807, 2.05) is 0 Å². The summed E-state index contributed by atoms with van der Waals surface area (Å²) in [5.74, 6) is 0.588. The maximum Gasteiger partial charge on any atom is 0.307 e. The van der Waals surface area contributed by atoms with Gasteiger partial charge in [-0.15, -0.1) is 0 Å². The number of nitrogens with zero attached hydrogens (tertiary/aromatic N) is 1. The largest absolute Gasteiger partial charge is 0.469 e. The Kier molecular flexibility index (Phi) is 6.99. The molecule has 1 aliphatic rings. The molecule has 1 rings (SSSR count). The summed E-state index contributed by atoms with van der Waals surface area (Å²) in [5, 5.41) is 3.32. The minimum absolute atomic E-state index is 0.111. The number of carbonyl (C=O) groups excluding carboxylic acids is 2. The topological polar surface area (TPSA) is 58.6 Å². The van der Waals surface area contributed by atoms with Crippen LogP contribution in [0.5, 0.6) is 0 Å². The summed E-state index contributed by atoms with van der Waals surface area (Å²) in [6.07, 6.45) is 2.46. The highest BCUT2D eigenvalue weighted by molar-refractivity contribution is 5.83. The van der Waals surface area contributed by atoms with Crippen molar-refractivity contribution in [1.29, 1.82) is 0 Å². The predicted octanol–water partition coefficient (Wildman–Crippen LogP) is 1.42. The van der Waals surface area contributed by atoms with Gasteiger partial charge in [0.2, 0.25) is 5.91 Å². The van der Waals surface area contributed by atoms with Crippen molar-refractivity contribution < 1.29 is 14.3 Å². The van der Waals surface area contributed by atoms with Crippen LogP contribution in [0.3, 0.4) is 0 Å². The molecule has 0 aromatic heterocycles. The number of ether oxygens (including phenoxy) is 1. The predicted molar refractivity (Wildman–Crippen MR) is 78.2 cm³/mol. The van der Waals surface area contributed by atoms with E-state index in [4.69, 9.17) is 0 Å². The second-order valence-electron chi connectivity index (χ2n) is 6.06. The number of hydrogen-bond donors (Lipinski definition) is 1. The van der Waals surface area contributed by atoms with Gasteiger partial charge < -0.3 is 15.0 Å². The van der Waals surface area contributed by atoms with E-state index < -0.39 is 0 Å². The lowest BCUT2D eigenvalue weighted by molar-refractivity contribution is -0.142. The number of piperidine rings is 1. The quantitative estimate of drug-likeness (QED) is 0.750. The van der Waals surface area contributed by atoms with E-state index in [1.165, 1.54) is 7.11 Å². The monoisotopic (exact) mass is 284 g/mol. The first-order chi connectivity index (χ1) is 9.45. The lowest BCUT2D eigenvalue weighted by atomic mass is 9.91. The first kappa shape index (κ1) is 17.0. The second kappa shape index (κ2) is 8.25.